The summed E-state index contributed by atoms with van der Waals surface area (Å²) in [6.07, 6.45) is 9.77. The van der Waals surface area contributed by atoms with E-state index in [0.717, 1.165) is 5.82 Å². The normalized spacial score (nSPS) is 19.6. The predicted molar refractivity (Wildman–Crippen MR) is 65.4 cm³/mol. The Morgan fingerprint density at radius 2 is 1.88 bits per heavy atom. The molecule has 1 aromatic rings. The Morgan fingerprint density at radius 1 is 1.19 bits per heavy atom. The van der Waals surface area contributed by atoms with Crippen LogP contribution in [0.2, 0.25) is 0 Å². The Morgan fingerprint density at radius 3 is 2.50 bits per heavy atom. The van der Waals surface area contributed by atoms with Gasteiger partial charge in [-0.25, -0.2) is 9.97 Å². The third-order valence-electron chi connectivity index (χ3n) is 3.31. The summed E-state index contributed by atoms with van der Waals surface area (Å²) in [6.45, 7) is 0.716. The van der Waals surface area contributed by atoms with Crippen molar-refractivity contribution in [3.63, 3.8) is 0 Å². The molecule has 88 valence electrons. The smallest absolute Gasteiger partial charge is 0.141 e. The van der Waals surface area contributed by atoms with E-state index in [1.165, 1.54) is 32.1 Å². The first-order valence-corrected chi connectivity index (χ1v) is 6.45. The van der Waals surface area contributed by atoms with Crippen LogP contribution in [0.5, 0.6) is 0 Å². The Labute approximate surface area is 102 Å². The number of aromatic nitrogens is 2. The zero-order valence-electron chi connectivity index (χ0n) is 9.45. The maximum absolute atomic E-state index is 6.10. The van der Waals surface area contributed by atoms with Crippen molar-refractivity contribution in [3.8, 4) is 0 Å². The molecule has 0 spiro atoms. The highest BCUT2D eigenvalue weighted by Gasteiger charge is 2.30. The molecule has 1 saturated carbocycles. The van der Waals surface area contributed by atoms with Crippen LogP contribution in [-0.2, 0) is 6.54 Å². The first-order valence-electron chi connectivity index (χ1n) is 5.92. The summed E-state index contributed by atoms with van der Waals surface area (Å²) in [5.74, 6) is 1.53. The summed E-state index contributed by atoms with van der Waals surface area (Å²) in [5.41, 5.74) is 0.110. The molecule has 0 unspecified atom stereocenters. The van der Waals surface area contributed by atoms with Gasteiger partial charge in [0, 0.05) is 23.8 Å². The van der Waals surface area contributed by atoms with E-state index in [4.69, 9.17) is 11.6 Å². The van der Waals surface area contributed by atoms with E-state index in [2.05, 4.69) is 15.3 Å². The number of nitrogens with zero attached hydrogens (tertiary/aromatic N) is 2. The molecular weight excluding hydrogens is 222 g/mol. The number of nitrogens with one attached hydrogen (secondary N) is 1. The van der Waals surface area contributed by atoms with Crippen molar-refractivity contribution in [2.75, 3.05) is 5.88 Å². The van der Waals surface area contributed by atoms with Gasteiger partial charge in [0.1, 0.15) is 5.82 Å². The van der Waals surface area contributed by atoms with Gasteiger partial charge in [0.2, 0.25) is 0 Å². The molecular formula is C12H18ClN3. The maximum Gasteiger partial charge on any atom is 0.141 e. The van der Waals surface area contributed by atoms with Crippen molar-refractivity contribution in [2.45, 2.75) is 44.2 Å². The Hall–Kier alpha value is -0.670. The number of hydrogen-bond donors (Lipinski definition) is 1. The van der Waals surface area contributed by atoms with E-state index in [1.54, 1.807) is 12.4 Å². The van der Waals surface area contributed by atoms with E-state index in [0.29, 0.717) is 12.4 Å². The van der Waals surface area contributed by atoms with Crippen molar-refractivity contribution < 1.29 is 0 Å². The molecule has 1 aliphatic rings. The minimum Gasteiger partial charge on any atom is -0.303 e. The summed E-state index contributed by atoms with van der Waals surface area (Å²) in [5, 5.41) is 3.54. The van der Waals surface area contributed by atoms with E-state index in [9.17, 15) is 0 Å². The second-order valence-electron chi connectivity index (χ2n) is 4.49. The number of hydrogen-bond acceptors (Lipinski definition) is 3. The maximum atomic E-state index is 6.10. The number of halogens is 1. The molecule has 0 aromatic carbocycles. The van der Waals surface area contributed by atoms with Crippen LogP contribution >= 0.6 is 11.6 Å². The molecule has 0 radical (unpaired) electrons. The summed E-state index contributed by atoms with van der Waals surface area (Å²) in [4.78, 5) is 8.42. The molecule has 16 heavy (non-hydrogen) atoms. The summed E-state index contributed by atoms with van der Waals surface area (Å²) in [7, 11) is 0. The van der Waals surface area contributed by atoms with Crippen molar-refractivity contribution >= 4 is 11.6 Å². The first-order chi connectivity index (χ1) is 7.85. The van der Waals surface area contributed by atoms with Crippen molar-refractivity contribution in [3.05, 3.63) is 24.3 Å². The van der Waals surface area contributed by atoms with E-state index in [1.807, 2.05) is 6.07 Å². The number of rotatable bonds is 4. The van der Waals surface area contributed by atoms with Gasteiger partial charge in [-0.05, 0) is 18.9 Å². The fourth-order valence-corrected chi connectivity index (χ4v) is 2.64. The van der Waals surface area contributed by atoms with E-state index >= 15 is 0 Å². The SMILES string of the molecule is ClCC1(NCc2ncccn2)CCCCC1. The zero-order chi connectivity index (χ0) is 11.3. The van der Waals surface area contributed by atoms with Gasteiger partial charge < -0.3 is 5.32 Å². The predicted octanol–water partition coefficient (Wildman–Crippen LogP) is 2.51. The largest absolute Gasteiger partial charge is 0.303 e. The molecule has 0 atom stereocenters. The molecule has 4 heteroatoms. The molecule has 1 fully saturated rings. The van der Waals surface area contributed by atoms with Gasteiger partial charge in [0.25, 0.3) is 0 Å². The van der Waals surface area contributed by atoms with E-state index in [-0.39, 0.29) is 5.54 Å². The summed E-state index contributed by atoms with van der Waals surface area (Å²) < 4.78 is 0. The van der Waals surface area contributed by atoms with Gasteiger partial charge >= 0.3 is 0 Å². The lowest BCUT2D eigenvalue weighted by Gasteiger charge is -2.36. The van der Waals surface area contributed by atoms with Crippen molar-refractivity contribution in [2.24, 2.45) is 0 Å². The van der Waals surface area contributed by atoms with Gasteiger partial charge in [0.05, 0.1) is 6.54 Å². The first kappa shape index (κ1) is 11.8. The number of alkyl halides is 1. The quantitative estimate of drug-likeness (QED) is 0.821. The van der Waals surface area contributed by atoms with Crippen LogP contribution in [0.3, 0.4) is 0 Å². The molecule has 0 aliphatic heterocycles. The molecule has 1 heterocycles. The van der Waals surface area contributed by atoms with Gasteiger partial charge in [-0.2, -0.15) is 0 Å². The Bertz CT molecular complexity index is 309. The van der Waals surface area contributed by atoms with Crippen molar-refractivity contribution in [1.29, 1.82) is 0 Å². The molecule has 1 aromatic heterocycles. The fraction of sp³-hybridized carbons (Fsp3) is 0.667. The fourth-order valence-electron chi connectivity index (χ4n) is 2.27. The van der Waals surface area contributed by atoms with Crippen LogP contribution in [0.1, 0.15) is 37.9 Å². The zero-order valence-corrected chi connectivity index (χ0v) is 10.2. The highest BCUT2D eigenvalue weighted by Crippen LogP contribution is 2.29. The van der Waals surface area contributed by atoms with Crippen molar-refractivity contribution in [1.82, 2.24) is 15.3 Å². The standard InChI is InChI=1S/C12H18ClN3/c13-10-12(5-2-1-3-6-12)16-9-11-14-7-4-8-15-11/h4,7-8,16H,1-3,5-6,9-10H2. The van der Waals surface area contributed by atoms with Crippen LogP contribution in [0.4, 0.5) is 0 Å². The highest BCUT2D eigenvalue weighted by atomic mass is 35.5. The third-order valence-corrected chi connectivity index (χ3v) is 3.82. The average molecular weight is 240 g/mol. The molecule has 1 N–H and O–H groups in total. The van der Waals surface area contributed by atoms with Crippen LogP contribution in [0.25, 0.3) is 0 Å². The molecule has 0 bridgehead atoms. The van der Waals surface area contributed by atoms with Gasteiger partial charge in [-0.3, -0.25) is 0 Å². The van der Waals surface area contributed by atoms with Crippen LogP contribution in [0, 0.1) is 0 Å². The lowest BCUT2D eigenvalue weighted by Crippen LogP contribution is -2.48. The topological polar surface area (TPSA) is 37.8 Å². The average Bonchev–Trinajstić information content (AvgIpc) is 2.39. The van der Waals surface area contributed by atoms with Gasteiger partial charge in [0.15, 0.2) is 0 Å². The molecule has 2 rings (SSSR count). The monoisotopic (exact) mass is 239 g/mol. The molecule has 1 aliphatic carbocycles. The second-order valence-corrected chi connectivity index (χ2v) is 4.76. The van der Waals surface area contributed by atoms with Gasteiger partial charge in [-0.1, -0.05) is 19.3 Å². The lowest BCUT2D eigenvalue weighted by atomic mass is 9.83. The highest BCUT2D eigenvalue weighted by molar-refractivity contribution is 6.18. The Kier molecular flexibility index (Phi) is 4.13. The lowest BCUT2D eigenvalue weighted by molar-refractivity contribution is 0.254. The molecule has 0 saturated heterocycles. The second kappa shape index (κ2) is 5.60. The molecule has 0 amide bonds. The summed E-state index contributed by atoms with van der Waals surface area (Å²) in [6, 6.07) is 1.83. The van der Waals surface area contributed by atoms with E-state index < -0.39 is 0 Å². The summed E-state index contributed by atoms with van der Waals surface area (Å²) >= 11 is 6.10. The van der Waals surface area contributed by atoms with Gasteiger partial charge in [-0.15, -0.1) is 11.6 Å². The van der Waals surface area contributed by atoms with Crippen LogP contribution in [-0.4, -0.2) is 21.4 Å². The molecule has 3 nitrogen and oxygen atoms in total. The third kappa shape index (κ3) is 2.92. The van der Waals surface area contributed by atoms with Crippen LogP contribution in [0.15, 0.2) is 18.5 Å². The van der Waals surface area contributed by atoms with Crippen LogP contribution < -0.4 is 5.32 Å². The minimum absolute atomic E-state index is 0.110. The Balaban J connectivity index is 1.92. The minimum atomic E-state index is 0.110.